The fourth-order valence-corrected chi connectivity index (χ4v) is 3.46. The van der Waals surface area contributed by atoms with E-state index < -0.39 is 24.5 Å². The Hall–Kier alpha value is -3.13. The maximum absolute atomic E-state index is 12.1. The minimum atomic E-state index is -0.653. The number of carbonyl (C=O) groups is 3. The molecule has 0 radical (unpaired) electrons. The van der Waals surface area contributed by atoms with Gasteiger partial charge in [-0.05, 0) is 50.1 Å². The molecule has 0 aliphatic carbocycles. The summed E-state index contributed by atoms with van der Waals surface area (Å²) in [6, 6.07) is 7.11. The maximum atomic E-state index is 12.1. The van der Waals surface area contributed by atoms with E-state index in [1.165, 1.54) is 17.4 Å². The van der Waals surface area contributed by atoms with Gasteiger partial charge in [0.05, 0.1) is 19.3 Å². The third kappa shape index (κ3) is 6.18. The van der Waals surface area contributed by atoms with Gasteiger partial charge in [0.15, 0.2) is 6.61 Å². The highest BCUT2D eigenvalue weighted by molar-refractivity contribution is 7.16. The number of hydrogen-bond donors (Lipinski definition) is 1. The smallest absolute Gasteiger partial charge is 0.341 e. The Labute approximate surface area is 173 Å². The molecule has 0 bridgehead atoms. The molecular formula is C21H23NO6S. The lowest BCUT2D eigenvalue weighted by Gasteiger charge is -2.07. The van der Waals surface area contributed by atoms with E-state index in [4.69, 9.17) is 14.2 Å². The number of amides is 1. The van der Waals surface area contributed by atoms with Crippen molar-refractivity contribution >= 4 is 40.3 Å². The van der Waals surface area contributed by atoms with Crippen LogP contribution in [-0.2, 0) is 19.1 Å². The van der Waals surface area contributed by atoms with Crippen molar-refractivity contribution in [3.8, 4) is 5.75 Å². The quantitative estimate of drug-likeness (QED) is 0.520. The third-order valence-electron chi connectivity index (χ3n) is 3.99. The maximum Gasteiger partial charge on any atom is 0.341 e. The van der Waals surface area contributed by atoms with Crippen LogP contribution in [0.3, 0.4) is 0 Å². The molecule has 8 heteroatoms. The molecule has 154 valence electrons. The lowest BCUT2D eigenvalue weighted by molar-refractivity contribution is -0.142. The molecule has 0 spiro atoms. The lowest BCUT2D eigenvalue weighted by Crippen LogP contribution is -2.21. The van der Waals surface area contributed by atoms with Crippen molar-refractivity contribution in [2.24, 2.45) is 0 Å². The van der Waals surface area contributed by atoms with E-state index in [1.54, 1.807) is 51.3 Å². The number of anilines is 1. The van der Waals surface area contributed by atoms with Crippen LogP contribution in [0.25, 0.3) is 6.08 Å². The van der Waals surface area contributed by atoms with Gasteiger partial charge in [0.1, 0.15) is 10.8 Å². The predicted octanol–water partition coefficient (Wildman–Crippen LogP) is 3.75. The highest BCUT2D eigenvalue weighted by Gasteiger charge is 2.22. The van der Waals surface area contributed by atoms with E-state index in [0.29, 0.717) is 16.3 Å². The zero-order chi connectivity index (χ0) is 21.4. The van der Waals surface area contributed by atoms with Gasteiger partial charge >= 0.3 is 11.9 Å². The molecule has 7 nitrogen and oxygen atoms in total. The van der Waals surface area contributed by atoms with Crippen molar-refractivity contribution in [3.05, 3.63) is 51.9 Å². The van der Waals surface area contributed by atoms with Gasteiger partial charge in [-0.25, -0.2) is 9.59 Å². The molecule has 1 aromatic carbocycles. The number of hydrogen-bond acceptors (Lipinski definition) is 7. The Balaban J connectivity index is 1.92. The molecule has 1 aromatic heterocycles. The number of ether oxygens (including phenoxy) is 3. The Kier molecular flexibility index (Phi) is 7.97. The van der Waals surface area contributed by atoms with Crippen LogP contribution in [0.1, 0.15) is 33.3 Å². The lowest BCUT2D eigenvalue weighted by atomic mass is 10.1. The number of benzene rings is 1. The number of nitrogens with one attached hydrogen (secondary N) is 1. The van der Waals surface area contributed by atoms with Crippen LogP contribution in [0.15, 0.2) is 30.3 Å². The molecule has 0 atom stereocenters. The number of thiophene rings is 1. The summed E-state index contributed by atoms with van der Waals surface area (Å²) >= 11 is 1.27. The molecule has 0 saturated heterocycles. The Morgan fingerprint density at radius 3 is 2.41 bits per heavy atom. The van der Waals surface area contributed by atoms with Crippen molar-refractivity contribution in [2.45, 2.75) is 20.8 Å². The monoisotopic (exact) mass is 417 g/mol. The van der Waals surface area contributed by atoms with E-state index in [9.17, 15) is 14.4 Å². The summed E-state index contributed by atoms with van der Waals surface area (Å²) in [6.45, 7) is 5.12. The van der Waals surface area contributed by atoms with Crippen LogP contribution in [-0.4, -0.2) is 38.2 Å². The molecule has 0 aliphatic heterocycles. The van der Waals surface area contributed by atoms with Crippen LogP contribution in [0, 0.1) is 13.8 Å². The van der Waals surface area contributed by atoms with Crippen molar-refractivity contribution in [1.29, 1.82) is 0 Å². The Morgan fingerprint density at radius 2 is 1.79 bits per heavy atom. The largest absolute Gasteiger partial charge is 0.497 e. The van der Waals surface area contributed by atoms with Crippen molar-refractivity contribution in [3.63, 3.8) is 0 Å². The minimum absolute atomic E-state index is 0.235. The normalized spacial score (nSPS) is 10.6. The van der Waals surface area contributed by atoms with Gasteiger partial charge in [-0.1, -0.05) is 12.1 Å². The van der Waals surface area contributed by atoms with Gasteiger partial charge in [-0.15, -0.1) is 11.3 Å². The molecule has 0 unspecified atom stereocenters. The van der Waals surface area contributed by atoms with Crippen molar-refractivity contribution in [2.75, 3.05) is 25.6 Å². The van der Waals surface area contributed by atoms with Crippen LogP contribution in [0.2, 0.25) is 0 Å². The second-order valence-electron chi connectivity index (χ2n) is 5.97. The first kappa shape index (κ1) is 22.2. The van der Waals surface area contributed by atoms with Crippen LogP contribution >= 0.6 is 11.3 Å². The number of rotatable bonds is 8. The average Bonchev–Trinajstić information content (AvgIpc) is 2.98. The fourth-order valence-electron chi connectivity index (χ4n) is 2.39. The van der Waals surface area contributed by atoms with E-state index in [2.05, 4.69) is 5.32 Å². The first-order valence-electron chi connectivity index (χ1n) is 8.91. The zero-order valence-corrected chi connectivity index (χ0v) is 17.6. The standard InChI is InChI=1S/C21H23NO6S/c1-5-27-21(25)19-13(2)14(3)29-20(19)22-17(23)12-28-18(24)11-8-15-6-9-16(26-4)10-7-15/h6-11H,5,12H2,1-4H3,(H,22,23)/b11-8+. The van der Waals surface area contributed by atoms with Gasteiger partial charge in [-0.3, -0.25) is 4.79 Å². The van der Waals surface area contributed by atoms with Crippen LogP contribution in [0.5, 0.6) is 5.75 Å². The molecule has 1 N–H and O–H groups in total. The van der Waals surface area contributed by atoms with Crippen molar-refractivity contribution < 1.29 is 28.6 Å². The molecule has 1 amide bonds. The molecule has 0 saturated carbocycles. The molecule has 0 fully saturated rings. The van der Waals surface area contributed by atoms with Crippen molar-refractivity contribution in [1.82, 2.24) is 0 Å². The molecule has 0 aliphatic rings. The first-order valence-corrected chi connectivity index (χ1v) is 9.73. The second-order valence-corrected chi connectivity index (χ2v) is 7.19. The second kappa shape index (κ2) is 10.4. The number of carbonyl (C=O) groups excluding carboxylic acids is 3. The Morgan fingerprint density at radius 1 is 1.10 bits per heavy atom. The summed E-state index contributed by atoms with van der Waals surface area (Å²) in [7, 11) is 1.57. The minimum Gasteiger partial charge on any atom is -0.497 e. The first-order chi connectivity index (χ1) is 13.8. The summed E-state index contributed by atoms with van der Waals surface area (Å²) in [5, 5.41) is 3.00. The van der Waals surface area contributed by atoms with Gasteiger partial charge in [0.2, 0.25) is 0 Å². The highest BCUT2D eigenvalue weighted by atomic mass is 32.1. The van der Waals surface area contributed by atoms with Crippen LogP contribution in [0.4, 0.5) is 5.00 Å². The molecule has 2 rings (SSSR count). The fraction of sp³-hybridized carbons (Fsp3) is 0.286. The highest BCUT2D eigenvalue weighted by Crippen LogP contribution is 2.33. The Bertz CT molecular complexity index is 914. The predicted molar refractivity (Wildman–Crippen MR) is 111 cm³/mol. The average molecular weight is 417 g/mol. The summed E-state index contributed by atoms with van der Waals surface area (Å²) in [5.74, 6) is -0.977. The van der Waals surface area contributed by atoms with E-state index in [1.807, 2.05) is 6.92 Å². The third-order valence-corrected chi connectivity index (χ3v) is 5.11. The van der Waals surface area contributed by atoms with E-state index in [-0.39, 0.29) is 6.61 Å². The van der Waals surface area contributed by atoms with E-state index in [0.717, 1.165) is 16.0 Å². The summed E-state index contributed by atoms with van der Waals surface area (Å²) in [4.78, 5) is 37.0. The molecule has 2 aromatic rings. The van der Waals surface area contributed by atoms with Crippen LogP contribution < -0.4 is 10.1 Å². The molecule has 29 heavy (non-hydrogen) atoms. The van der Waals surface area contributed by atoms with Gasteiger partial charge < -0.3 is 19.5 Å². The SMILES string of the molecule is CCOC(=O)c1c(NC(=O)COC(=O)/C=C/c2ccc(OC)cc2)sc(C)c1C. The molecule has 1 heterocycles. The molecular weight excluding hydrogens is 394 g/mol. The van der Waals surface area contributed by atoms with Gasteiger partial charge in [-0.2, -0.15) is 0 Å². The zero-order valence-electron chi connectivity index (χ0n) is 16.7. The summed E-state index contributed by atoms with van der Waals surface area (Å²) < 4.78 is 15.1. The van der Waals surface area contributed by atoms with Gasteiger partial charge in [0, 0.05) is 11.0 Å². The number of aryl methyl sites for hydroxylation is 1. The number of methoxy groups -OCH3 is 1. The van der Waals surface area contributed by atoms with E-state index >= 15 is 0 Å². The topological polar surface area (TPSA) is 90.9 Å². The summed E-state index contributed by atoms with van der Waals surface area (Å²) in [5.41, 5.74) is 1.87. The number of esters is 2. The summed E-state index contributed by atoms with van der Waals surface area (Å²) in [6.07, 6.45) is 2.81. The van der Waals surface area contributed by atoms with Gasteiger partial charge in [0.25, 0.3) is 5.91 Å².